The Morgan fingerprint density at radius 1 is 1.37 bits per heavy atom. The number of imidazole rings is 1. The maximum absolute atomic E-state index is 12.7. The topological polar surface area (TPSA) is 29.9 Å². The summed E-state index contributed by atoms with van der Waals surface area (Å²) >= 11 is 5.53. The predicted molar refractivity (Wildman–Crippen MR) is 67.6 cm³/mol. The molecule has 7 heteroatoms. The Morgan fingerprint density at radius 3 is 2.68 bits per heavy atom. The maximum atomic E-state index is 12.7. The molecule has 1 aromatic carbocycles. The summed E-state index contributed by atoms with van der Waals surface area (Å²) in [5.41, 5.74) is -0.645. The third-order valence-electron chi connectivity index (χ3n) is 2.38. The summed E-state index contributed by atoms with van der Waals surface area (Å²) in [5, 5.41) is 2.41. The molecule has 0 spiro atoms. The molecule has 2 aromatic rings. The summed E-state index contributed by atoms with van der Waals surface area (Å²) in [6.07, 6.45) is 0.146. The van der Waals surface area contributed by atoms with Crippen LogP contribution < -0.4 is 5.32 Å². The molecule has 0 bridgehead atoms. The SMILES string of the molecule is C=C(Nc1ccc(Cl)c(C(F)(F)F)c1)n1ccnc1. The highest BCUT2D eigenvalue weighted by Gasteiger charge is 2.33. The number of hydrogen-bond acceptors (Lipinski definition) is 2. The number of nitrogens with zero attached hydrogens (tertiary/aromatic N) is 2. The molecule has 1 heterocycles. The lowest BCUT2D eigenvalue weighted by Crippen LogP contribution is -2.08. The molecule has 0 aliphatic carbocycles. The smallest absolute Gasteiger partial charge is 0.342 e. The minimum atomic E-state index is -4.49. The number of rotatable bonds is 3. The van der Waals surface area contributed by atoms with Gasteiger partial charge in [-0.3, -0.25) is 4.57 Å². The van der Waals surface area contributed by atoms with Gasteiger partial charge in [0.2, 0.25) is 0 Å². The Labute approximate surface area is 112 Å². The number of halogens is 4. The molecule has 0 atom stereocenters. The van der Waals surface area contributed by atoms with E-state index in [-0.39, 0.29) is 10.7 Å². The Kier molecular flexibility index (Phi) is 3.53. The fourth-order valence-corrected chi connectivity index (χ4v) is 1.69. The van der Waals surface area contributed by atoms with E-state index < -0.39 is 11.7 Å². The van der Waals surface area contributed by atoms with Crippen LogP contribution in [0.3, 0.4) is 0 Å². The van der Waals surface area contributed by atoms with Crippen molar-refractivity contribution < 1.29 is 13.2 Å². The number of nitrogens with one attached hydrogen (secondary N) is 1. The first kappa shape index (κ1) is 13.5. The molecular weight excluding hydrogens is 279 g/mol. The fourth-order valence-electron chi connectivity index (χ4n) is 1.47. The van der Waals surface area contributed by atoms with Gasteiger partial charge in [0.15, 0.2) is 0 Å². The van der Waals surface area contributed by atoms with Gasteiger partial charge in [0, 0.05) is 18.1 Å². The van der Waals surface area contributed by atoms with Gasteiger partial charge in [-0.25, -0.2) is 4.98 Å². The predicted octanol–water partition coefficient (Wildman–Crippen LogP) is 4.10. The van der Waals surface area contributed by atoms with Crippen molar-refractivity contribution in [3.05, 3.63) is 54.1 Å². The summed E-state index contributed by atoms with van der Waals surface area (Å²) < 4.78 is 39.6. The average Bonchev–Trinajstić information content (AvgIpc) is 2.83. The van der Waals surface area contributed by atoms with Crippen LogP contribution in [0, 0.1) is 0 Å². The Balaban J connectivity index is 2.25. The van der Waals surface area contributed by atoms with Crippen LogP contribution in [0.5, 0.6) is 0 Å². The number of hydrogen-bond donors (Lipinski definition) is 1. The molecule has 1 N–H and O–H groups in total. The van der Waals surface area contributed by atoms with Gasteiger partial charge in [-0.2, -0.15) is 13.2 Å². The molecular formula is C12H9ClF3N3. The monoisotopic (exact) mass is 287 g/mol. The van der Waals surface area contributed by atoms with E-state index in [2.05, 4.69) is 16.9 Å². The molecule has 0 fully saturated rings. The third-order valence-corrected chi connectivity index (χ3v) is 2.71. The second kappa shape index (κ2) is 4.97. The Morgan fingerprint density at radius 2 is 2.11 bits per heavy atom. The van der Waals surface area contributed by atoms with Crippen molar-refractivity contribution >= 4 is 23.1 Å². The molecule has 0 saturated carbocycles. The molecule has 0 aliphatic rings. The van der Waals surface area contributed by atoms with Gasteiger partial charge in [-0.15, -0.1) is 0 Å². The maximum Gasteiger partial charge on any atom is 0.417 e. The zero-order valence-corrected chi connectivity index (χ0v) is 10.3. The second-order valence-corrected chi connectivity index (χ2v) is 4.14. The molecule has 100 valence electrons. The van der Waals surface area contributed by atoms with Crippen LogP contribution in [0.4, 0.5) is 18.9 Å². The number of benzene rings is 1. The number of anilines is 1. The highest BCUT2D eigenvalue weighted by molar-refractivity contribution is 6.31. The molecule has 0 amide bonds. The van der Waals surface area contributed by atoms with E-state index in [1.807, 2.05) is 0 Å². The molecule has 2 rings (SSSR count). The van der Waals surface area contributed by atoms with Gasteiger partial charge in [0.25, 0.3) is 0 Å². The van der Waals surface area contributed by atoms with Crippen LogP contribution in [-0.2, 0) is 6.18 Å². The lowest BCUT2D eigenvalue weighted by Gasteiger charge is -2.14. The van der Waals surface area contributed by atoms with E-state index in [9.17, 15) is 13.2 Å². The number of alkyl halides is 3. The first-order valence-corrected chi connectivity index (χ1v) is 5.57. The van der Waals surface area contributed by atoms with Crippen molar-refractivity contribution in [2.45, 2.75) is 6.18 Å². The van der Waals surface area contributed by atoms with E-state index in [0.717, 1.165) is 6.07 Å². The van der Waals surface area contributed by atoms with Crippen molar-refractivity contribution in [1.82, 2.24) is 9.55 Å². The second-order valence-electron chi connectivity index (χ2n) is 3.73. The highest BCUT2D eigenvalue weighted by atomic mass is 35.5. The molecule has 19 heavy (non-hydrogen) atoms. The van der Waals surface area contributed by atoms with Gasteiger partial charge in [-0.05, 0) is 18.2 Å². The van der Waals surface area contributed by atoms with E-state index in [4.69, 9.17) is 11.6 Å². The van der Waals surface area contributed by atoms with Crippen molar-refractivity contribution in [3.8, 4) is 0 Å². The van der Waals surface area contributed by atoms with E-state index >= 15 is 0 Å². The lowest BCUT2D eigenvalue weighted by atomic mass is 10.2. The summed E-state index contributed by atoms with van der Waals surface area (Å²) in [6, 6.07) is 3.57. The summed E-state index contributed by atoms with van der Waals surface area (Å²) in [6.45, 7) is 3.70. The van der Waals surface area contributed by atoms with E-state index in [1.165, 1.54) is 24.7 Å². The van der Waals surface area contributed by atoms with Crippen LogP contribution >= 0.6 is 11.6 Å². The van der Waals surface area contributed by atoms with Gasteiger partial charge < -0.3 is 5.32 Å². The Hall–Kier alpha value is -1.95. The first-order valence-electron chi connectivity index (χ1n) is 5.19. The van der Waals surface area contributed by atoms with Crippen LogP contribution in [0.1, 0.15) is 5.56 Å². The molecule has 0 saturated heterocycles. The average molecular weight is 288 g/mol. The molecule has 1 aromatic heterocycles. The van der Waals surface area contributed by atoms with E-state index in [1.54, 1.807) is 10.8 Å². The van der Waals surface area contributed by atoms with Gasteiger partial charge in [0.05, 0.1) is 10.6 Å². The zero-order valence-electron chi connectivity index (χ0n) is 9.58. The van der Waals surface area contributed by atoms with Gasteiger partial charge >= 0.3 is 6.18 Å². The van der Waals surface area contributed by atoms with Crippen molar-refractivity contribution in [1.29, 1.82) is 0 Å². The zero-order chi connectivity index (χ0) is 14.0. The Bertz CT molecular complexity index is 591. The van der Waals surface area contributed by atoms with Crippen LogP contribution in [-0.4, -0.2) is 9.55 Å². The van der Waals surface area contributed by atoms with Crippen molar-refractivity contribution in [2.75, 3.05) is 5.32 Å². The minimum absolute atomic E-state index is 0.246. The normalized spacial score (nSPS) is 11.4. The third kappa shape index (κ3) is 3.08. The largest absolute Gasteiger partial charge is 0.417 e. The van der Waals surface area contributed by atoms with Crippen molar-refractivity contribution in [2.24, 2.45) is 0 Å². The lowest BCUT2D eigenvalue weighted by molar-refractivity contribution is -0.137. The standard InChI is InChI=1S/C12H9ClF3N3/c1-8(19-5-4-17-7-19)18-9-2-3-11(13)10(6-9)12(14,15)16/h2-7,18H,1H2. The molecule has 0 unspecified atom stereocenters. The van der Waals surface area contributed by atoms with Crippen LogP contribution in [0.2, 0.25) is 5.02 Å². The van der Waals surface area contributed by atoms with Crippen LogP contribution in [0.15, 0.2) is 43.5 Å². The summed E-state index contributed by atoms with van der Waals surface area (Å²) in [4.78, 5) is 3.82. The first-order chi connectivity index (χ1) is 8.88. The van der Waals surface area contributed by atoms with Crippen molar-refractivity contribution in [3.63, 3.8) is 0 Å². The van der Waals surface area contributed by atoms with Crippen LogP contribution in [0.25, 0.3) is 5.82 Å². The number of aromatic nitrogens is 2. The van der Waals surface area contributed by atoms with Gasteiger partial charge in [0.1, 0.15) is 12.1 Å². The van der Waals surface area contributed by atoms with E-state index in [0.29, 0.717) is 5.82 Å². The molecule has 0 radical (unpaired) electrons. The minimum Gasteiger partial charge on any atom is -0.342 e. The summed E-state index contributed by atoms with van der Waals surface area (Å²) in [5.74, 6) is 0.382. The molecule has 0 aliphatic heterocycles. The molecule has 3 nitrogen and oxygen atoms in total. The van der Waals surface area contributed by atoms with Gasteiger partial charge in [-0.1, -0.05) is 18.2 Å². The fraction of sp³-hybridized carbons (Fsp3) is 0.0833. The summed E-state index contributed by atoms with van der Waals surface area (Å²) in [7, 11) is 0. The highest BCUT2D eigenvalue weighted by Crippen LogP contribution is 2.36. The quantitative estimate of drug-likeness (QED) is 0.921.